The smallest absolute Gasteiger partial charge is 0.0223 e. The highest BCUT2D eigenvalue weighted by molar-refractivity contribution is 9.09. The third-order valence-corrected chi connectivity index (χ3v) is 5.15. The molecule has 2 rings (SSSR count). The predicted octanol–water partition coefficient (Wildman–Crippen LogP) is 2.58. The van der Waals surface area contributed by atoms with Gasteiger partial charge in [0.15, 0.2) is 0 Å². The Bertz CT molecular complexity index is 206. The fourth-order valence-electron chi connectivity index (χ4n) is 3.04. The Balaban J connectivity index is 1.80. The summed E-state index contributed by atoms with van der Waals surface area (Å²) in [5.74, 6) is 0.843. The van der Waals surface area contributed by atoms with Gasteiger partial charge in [0.25, 0.3) is 0 Å². The second kappa shape index (κ2) is 6.36. The van der Waals surface area contributed by atoms with Gasteiger partial charge in [0, 0.05) is 37.6 Å². The minimum atomic E-state index is 0.843. The van der Waals surface area contributed by atoms with E-state index in [0.717, 1.165) is 17.3 Å². The molecule has 94 valence electrons. The van der Waals surface area contributed by atoms with E-state index in [9.17, 15) is 0 Å². The Morgan fingerprint density at radius 1 is 1.25 bits per heavy atom. The summed E-state index contributed by atoms with van der Waals surface area (Å²) in [4.78, 5) is 5.41. The number of halogens is 1. The van der Waals surface area contributed by atoms with Crippen molar-refractivity contribution >= 4 is 15.9 Å². The molecule has 16 heavy (non-hydrogen) atoms. The molecule has 0 radical (unpaired) electrons. The van der Waals surface area contributed by atoms with Crippen LogP contribution in [0.5, 0.6) is 0 Å². The van der Waals surface area contributed by atoms with Crippen LogP contribution in [0.3, 0.4) is 0 Å². The fourth-order valence-corrected chi connectivity index (χ4v) is 3.70. The van der Waals surface area contributed by atoms with Crippen molar-refractivity contribution in [3.8, 4) is 0 Å². The van der Waals surface area contributed by atoms with E-state index in [2.05, 4.69) is 32.7 Å². The van der Waals surface area contributed by atoms with Crippen molar-refractivity contribution < 1.29 is 0 Å². The molecular weight excluding hydrogens is 264 g/mol. The number of alkyl halides is 1. The zero-order valence-corrected chi connectivity index (χ0v) is 12.1. The van der Waals surface area contributed by atoms with Crippen molar-refractivity contribution in [2.45, 2.75) is 38.6 Å². The molecule has 2 aliphatic rings. The number of fused-ring (bicyclic) bond motifs is 1. The Morgan fingerprint density at radius 2 is 2.12 bits per heavy atom. The lowest BCUT2D eigenvalue weighted by Crippen LogP contribution is -2.55. The Hall–Kier alpha value is 0.400. The molecule has 2 aliphatic heterocycles. The molecule has 2 unspecified atom stereocenters. The highest BCUT2D eigenvalue weighted by Crippen LogP contribution is 2.22. The van der Waals surface area contributed by atoms with Gasteiger partial charge in [0.2, 0.25) is 0 Å². The lowest BCUT2D eigenvalue weighted by Gasteiger charge is -2.44. The van der Waals surface area contributed by atoms with E-state index in [0.29, 0.717) is 0 Å². The number of nitrogens with zero attached hydrogens (tertiary/aromatic N) is 2. The molecule has 0 spiro atoms. The molecule has 0 aromatic rings. The number of hydrogen-bond donors (Lipinski definition) is 0. The molecule has 0 amide bonds. The molecular formula is C13H25BrN2. The first-order valence-corrected chi connectivity index (χ1v) is 7.98. The zero-order valence-electron chi connectivity index (χ0n) is 10.5. The van der Waals surface area contributed by atoms with Gasteiger partial charge in [-0.3, -0.25) is 4.90 Å². The minimum absolute atomic E-state index is 0.843. The summed E-state index contributed by atoms with van der Waals surface area (Å²) in [5.41, 5.74) is 0. The van der Waals surface area contributed by atoms with Crippen molar-refractivity contribution in [2.24, 2.45) is 5.92 Å². The van der Waals surface area contributed by atoms with Crippen LogP contribution in [-0.2, 0) is 0 Å². The molecule has 0 aromatic heterocycles. The van der Waals surface area contributed by atoms with Crippen LogP contribution in [-0.4, -0.2) is 53.9 Å². The van der Waals surface area contributed by atoms with Gasteiger partial charge in [-0.25, -0.2) is 0 Å². The molecule has 2 heterocycles. The quantitative estimate of drug-likeness (QED) is 0.734. The van der Waals surface area contributed by atoms with Crippen LogP contribution in [0.4, 0.5) is 0 Å². The van der Waals surface area contributed by atoms with Crippen LogP contribution in [0.25, 0.3) is 0 Å². The van der Waals surface area contributed by atoms with E-state index in [4.69, 9.17) is 0 Å². The molecule has 0 bridgehead atoms. The SMILES string of the molecule is CCC(CBr)CN1CCN2CCCCC2C1. The summed E-state index contributed by atoms with van der Waals surface area (Å²) in [6, 6.07) is 0.871. The van der Waals surface area contributed by atoms with Gasteiger partial charge in [-0.1, -0.05) is 35.7 Å². The number of piperazine rings is 1. The van der Waals surface area contributed by atoms with Gasteiger partial charge >= 0.3 is 0 Å². The van der Waals surface area contributed by atoms with Crippen LogP contribution in [0, 0.1) is 5.92 Å². The second-order valence-corrected chi connectivity index (χ2v) is 6.02. The van der Waals surface area contributed by atoms with E-state index in [1.165, 1.54) is 58.4 Å². The summed E-state index contributed by atoms with van der Waals surface area (Å²) >= 11 is 3.63. The van der Waals surface area contributed by atoms with E-state index in [1.807, 2.05) is 0 Å². The summed E-state index contributed by atoms with van der Waals surface area (Å²) in [6.07, 6.45) is 5.61. The average Bonchev–Trinajstić information content (AvgIpc) is 2.35. The first-order chi connectivity index (χ1) is 7.83. The van der Waals surface area contributed by atoms with Crippen LogP contribution in [0.1, 0.15) is 32.6 Å². The van der Waals surface area contributed by atoms with Gasteiger partial charge < -0.3 is 4.90 Å². The molecule has 0 aliphatic carbocycles. The van der Waals surface area contributed by atoms with Gasteiger partial charge in [-0.2, -0.15) is 0 Å². The molecule has 0 saturated carbocycles. The Labute approximate surface area is 108 Å². The number of piperidine rings is 1. The topological polar surface area (TPSA) is 6.48 Å². The van der Waals surface area contributed by atoms with E-state index < -0.39 is 0 Å². The molecule has 2 saturated heterocycles. The molecule has 3 heteroatoms. The standard InChI is InChI=1S/C13H25BrN2/c1-2-12(9-14)10-15-7-8-16-6-4-3-5-13(16)11-15/h12-13H,2-11H2,1H3. The zero-order chi connectivity index (χ0) is 11.4. The highest BCUT2D eigenvalue weighted by atomic mass is 79.9. The number of rotatable bonds is 4. The fraction of sp³-hybridized carbons (Fsp3) is 1.00. The van der Waals surface area contributed by atoms with Crippen molar-refractivity contribution in [1.82, 2.24) is 9.80 Å². The highest BCUT2D eigenvalue weighted by Gasteiger charge is 2.29. The second-order valence-electron chi connectivity index (χ2n) is 5.37. The number of hydrogen-bond acceptors (Lipinski definition) is 2. The minimum Gasteiger partial charge on any atom is -0.300 e. The van der Waals surface area contributed by atoms with Crippen molar-refractivity contribution in [3.63, 3.8) is 0 Å². The average molecular weight is 289 g/mol. The van der Waals surface area contributed by atoms with Crippen LogP contribution >= 0.6 is 15.9 Å². The first kappa shape index (κ1) is 12.8. The van der Waals surface area contributed by atoms with Gasteiger partial charge in [0.05, 0.1) is 0 Å². The molecule has 0 N–H and O–H groups in total. The summed E-state index contributed by atoms with van der Waals surface area (Å²) < 4.78 is 0. The molecule has 0 aromatic carbocycles. The van der Waals surface area contributed by atoms with Gasteiger partial charge in [-0.15, -0.1) is 0 Å². The van der Waals surface area contributed by atoms with E-state index >= 15 is 0 Å². The van der Waals surface area contributed by atoms with Crippen LogP contribution < -0.4 is 0 Å². The third kappa shape index (κ3) is 3.21. The first-order valence-electron chi connectivity index (χ1n) is 6.85. The Kier molecular flexibility index (Phi) is 5.11. The monoisotopic (exact) mass is 288 g/mol. The van der Waals surface area contributed by atoms with Crippen molar-refractivity contribution in [3.05, 3.63) is 0 Å². The van der Waals surface area contributed by atoms with Crippen LogP contribution in [0.2, 0.25) is 0 Å². The van der Waals surface area contributed by atoms with E-state index in [-0.39, 0.29) is 0 Å². The molecule has 2 atom stereocenters. The largest absolute Gasteiger partial charge is 0.300 e. The molecule has 2 nitrogen and oxygen atoms in total. The third-order valence-electron chi connectivity index (χ3n) is 4.23. The predicted molar refractivity (Wildman–Crippen MR) is 73.2 cm³/mol. The normalized spacial score (nSPS) is 30.0. The lowest BCUT2D eigenvalue weighted by molar-refractivity contribution is 0.0431. The molecule has 2 fully saturated rings. The maximum absolute atomic E-state index is 3.63. The van der Waals surface area contributed by atoms with Crippen molar-refractivity contribution in [2.75, 3.05) is 38.1 Å². The Morgan fingerprint density at radius 3 is 2.88 bits per heavy atom. The van der Waals surface area contributed by atoms with Gasteiger partial charge in [-0.05, 0) is 25.3 Å². The summed E-state index contributed by atoms with van der Waals surface area (Å²) in [7, 11) is 0. The summed E-state index contributed by atoms with van der Waals surface area (Å²) in [5, 5.41) is 1.16. The maximum Gasteiger partial charge on any atom is 0.0223 e. The lowest BCUT2D eigenvalue weighted by atomic mass is 9.98. The van der Waals surface area contributed by atoms with Crippen molar-refractivity contribution in [1.29, 1.82) is 0 Å². The summed E-state index contributed by atoms with van der Waals surface area (Å²) in [6.45, 7) is 8.88. The maximum atomic E-state index is 3.63. The van der Waals surface area contributed by atoms with Crippen LogP contribution in [0.15, 0.2) is 0 Å². The van der Waals surface area contributed by atoms with E-state index in [1.54, 1.807) is 0 Å². The van der Waals surface area contributed by atoms with Gasteiger partial charge in [0.1, 0.15) is 0 Å².